The zero-order valence-corrected chi connectivity index (χ0v) is 14.8. The Morgan fingerprint density at radius 2 is 1.70 bits per heavy atom. The molecule has 0 amide bonds. The predicted molar refractivity (Wildman–Crippen MR) is 90.1 cm³/mol. The molecule has 20 heavy (non-hydrogen) atoms. The van der Waals surface area contributed by atoms with Gasteiger partial charge in [-0.2, -0.15) is 0 Å². The lowest BCUT2D eigenvalue weighted by molar-refractivity contribution is 0.0736. The van der Waals surface area contributed by atoms with Crippen molar-refractivity contribution >= 4 is 0 Å². The van der Waals surface area contributed by atoms with Gasteiger partial charge >= 0.3 is 0 Å². The Labute approximate surface area is 127 Å². The van der Waals surface area contributed by atoms with Gasteiger partial charge in [0.15, 0.2) is 0 Å². The van der Waals surface area contributed by atoms with Crippen molar-refractivity contribution in [1.29, 1.82) is 0 Å². The molecular formula is C18H38N2. The van der Waals surface area contributed by atoms with Crippen molar-refractivity contribution in [1.82, 2.24) is 10.2 Å². The summed E-state index contributed by atoms with van der Waals surface area (Å²) in [6.07, 6.45) is 5.30. The van der Waals surface area contributed by atoms with Crippen LogP contribution in [0, 0.1) is 17.8 Å². The fourth-order valence-corrected chi connectivity index (χ4v) is 3.31. The molecule has 1 heterocycles. The molecule has 4 atom stereocenters. The smallest absolute Gasteiger partial charge is 0.0246 e. The first kappa shape index (κ1) is 18.0. The molecule has 1 aliphatic rings. The lowest BCUT2D eigenvalue weighted by atomic mass is 9.90. The van der Waals surface area contributed by atoms with Crippen molar-refractivity contribution in [3.8, 4) is 0 Å². The summed E-state index contributed by atoms with van der Waals surface area (Å²) in [5, 5.41) is 3.82. The number of nitrogens with zero attached hydrogens (tertiary/aromatic N) is 1. The highest BCUT2D eigenvalue weighted by atomic mass is 15.2. The molecule has 0 aromatic rings. The molecule has 1 saturated heterocycles. The highest BCUT2D eigenvalue weighted by Crippen LogP contribution is 2.22. The van der Waals surface area contributed by atoms with Crippen LogP contribution in [0.3, 0.4) is 0 Å². The van der Waals surface area contributed by atoms with Gasteiger partial charge in [0.25, 0.3) is 0 Å². The first-order valence-corrected chi connectivity index (χ1v) is 8.96. The molecule has 1 rings (SSSR count). The molecule has 0 aromatic carbocycles. The van der Waals surface area contributed by atoms with Crippen LogP contribution in [0.5, 0.6) is 0 Å². The van der Waals surface area contributed by atoms with Gasteiger partial charge in [0, 0.05) is 25.2 Å². The Morgan fingerprint density at radius 1 is 1.05 bits per heavy atom. The van der Waals surface area contributed by atoms with E-state index in [2.05, 4.69) is 51.8 Å². The Morgan fingerprint density at radius 3 is 2.25 bits per heavy atom. The summed E-state index contributed by atoms with van der Waals surface area (Å²) in [7, 11) is 0. The number of hydrogen-bond donors (Lipinski definition) is 1. The lowest BCUT2D eigenvalue weighted by Gasteiger charge is -2.45. The quantitative estimate of drug-likeness (QED) is 0.719. The van der Waals surface area contributed by atoms with Crippen molar-refractivity contribution < 1.29 is 0 Å². The molecule has 120 valence electrons. The maximum absolute atomic E-state index is 3.82. The highest BCUT2D eigenvalue weighted by Gasteiger charge is 2.32. The minimum Gasteiger partial charge on any atom is -0.311 e. The van der Waals surface area contributed by atoms with Crippen molar-refractivity contribution in [3.05, 3.63) is 0 Å². The highest BCUT2D eigenvalue weighted by molar-refractivity contribution is 4.90. The normalized spacial score (nSPS) is 27.8. The van der Waals surface area contributed by atoms with Crippen molar-refractivity contribution in [2.24, 2.45) is 17.8 Å². The van der Waals surface area contributed by atoms with Gasteiger partial charge in [-0.25, -0.2) is 0 Å². The molecule has 0 aromatic heterocycles. The molecule has 0 saturated carbocycles. The zero-order chi connectivity index (χ0) is 15.1. The van der Waals surface area contributed by atoms with Gasteiger partial charge in [-0.1, -0.05) is 54.4 Å². The number of piperazine rings is 1. The summed E-state index contributed by atoms with van der Waals surface area (Å²) >= 11 is 0. The molecule has 0 bridgehead atoms. The third-order valence-electron chi connectivity index (χ3n) is 5.35. The lowest BCUT2D eigenvalue weighted by Crippen LogP contribution is -2.60. The fourth-order valence-electron chi connectivity index (χ4n) is 3.31. The van der Waals surface area contributed by atoms with E-state index >= 15 is 0 Å². The SMILES string of the molecule is CCC(C)C1CN(CCCC(C)C)C(C(C)CC)CN1. The van der Waals surface area contributed by atoms with Crippen molar-refractivity contribution in [2.75, 3.05) is 19.6 Å². The fraction of sp³-hybridized carbons (Fsp3) is 1.00. The first-order chi connectivity index (χ1) is 9.49. The number of hydrogen-bond acceptors (Lipinski definition) is 2. The van der Waals surface area contributed by atoms with Crippen molar-refractivity contribution in [2.45, 2.75) is 79.3 Å². The molecular weight excluding hydrogens is 244 g/mol. The summed E-state index contributed by atoms with van der Waals surface area (Å²) in [6, 6.07) is 1.44. The van der Waals surface area contributed by atoms with E-state index in [9.17, 15) is 0 Å². The van der Waals surface area contributed by atoms with Crippen LogP contribution in [0.4, 0.5) is 0 Å². The van der Waals surface area contributed by atoms with Gasteiger partial charge < -0.3 is 5.32 Å². The van der Waals surface area contributed by atoms with E-state index in [1.54, 1.807) is 0 Å². The maximum atomic E-state index is 3.82. The largest absolute Gasteiger partial charge is 0.311 e. The van der Waals surface area contributed by atoms with Gasteiger partial charge in [0.1, 0.15) is 0 Å². The van der Waals surface area contributed by atoms with E-state index in [1.165, 1.54) is 45.3 Å². The van der Waals surface area contributed by atoms with Gasteiger partial charge in [0.2, 0.25) is 0 Å². The molecule has 1 N–H and O–H groups in total. The van der Waals surface area contributed by atoms with Gasteiger partial charge in [-0.15, -0.1) is 0 Å². The molecule has 0 spiro atoms. The Kier molecular flexibility index (Phi) is 8.13. The van der Waals surface area contributed by atoms with Crippen LogP contribution in [-0.2, 0) is 0 Å². The molecule has 1 fully saturated rings. The molecule has 2 heteroatoms. The number of rotatable bonds is 8. The van der Waals surface area contributed by atoms with Crippen LogP contribution in [0.25, 0.3) is 0 Å². The van der Waals surface area contributed by atoms with Crippen LogP contribution >= 0.6 is 0 Å². The molecule has 4 unspecified atom stereocenters. The summed E-state index contributed by atoms with van der Waals surface area (Å²) < 4.78 is 0. The van der Waals surface area contributed by atoms with E-state index in [4.69, 9.17) is 0 Å². The average molecular weight is 283 g/mol. The van der Waals surface area contributed by atoms with Crippen molar-refractivity contribution in [3.63, 3.8) is 0 Å². The second-order valence-corrected chi connectivity index (χ2v) is 7.38. The van der Waals surface area contributed by atoms with Crippen LogP contribution in [0.15, 0.2) is 0 Å². The monoisotopic (exact) mass is 282 g/mol. The maximum Gasteiger partial charge on any atom is 0.0246 e. The van der Waals surface area contributed by atoms with E-state index in [0.717, 1.165) is 23.8 Å². The second kappa shape index (κ2) is 9.04. The second-order valence-electron chi connectivity index (χ2n) is 7.38. The van der Waals surface area contributed by atoms with E-state index < -0.39 is 0 Å². The van der Waals surface area contributed by atoms with Gasteiger partial charge in [-0.05, 0) is 37.1 Å². The van der Waals surface area contributed by atoms with Gasteiger partial charge in [0.05, 0.1) is 0 Å². The Hall–Kier alpha value is -0.0800. The molecule has 2 nitrogen and oxygen atoms in total. The summed E-state index contributed by atoms with van der Waals surface area (Å²) in [6.45, 7) is 17.9. The molecule has 0 radical (unpaired) electrons. The van der Waals surface area contributed by atoms with Gasteiger partial charge in [-0.3, -0.25) is 4.90 Å². The Balaban J connectivity index is 2.58. The minimum atomic E-state index is 0.694. The third kappa shape index (κ3) is 5.37. The standard InChI is InChI=1S/C18H38N2/c1-7-15(5)17-13-20(11-9-10-14(3)4)18(12-19-17)16(6)8-2/h14-19H,7-13H2,1-6H3. The summed E-state index contributed by atoms with van der Waals surface area (Å²) in [5.41, 5.74) is 0. The summed E-state index contributed by atoms with van der Waals surface area (Å²) in [5.74, 6) is 2.44. The molecule has 0 aliphatic carbocycles. The minimum absolute atomic E-state index is 0.694. The van der Waals surface area contributed by atoms with Crippen LogP contribution in [-0.4, -0.2) is 36.6 Å². The van der Waals surface area contributed by atoms with E-state index in [-0.39, 0.29) is 0 Å². The predicted octanol–water partition coefficient (Wildman–Crippen LogP) is 4.16. The first-order valence-electron chi connectivity index (χ1n) is 8.96. The zero-order valence-electron chi connectivity index (χ0n) is 14.8. The molecule has 1 aliphatic heterocycles. The van der Waals surface area contributed by atoms with Crippen LogP contribution < -0.4 is 5.32 Å². The van der Waals surface area contributed by atoms with E-state index in [0.29, 0.717) is 6.04 Å². The van der Waals surface area contributed by atoms with Crippen LogP contribution in [0.2, 0.25) is 0 Å². The average Bonchev–Trinajstić information content (AvgIpc) is 2.45. The Bertz CT molecular complexity index is 252. The third-order valence-corrected chi connectivity index (χ3v) is 5.35. The topological polar surface area (TPSA) is 15.3 Å². The number of nitrogens with one attached hydrogen (secondary N) is 1. The summed E-state index contributed by atoms with van der Waals surface area (Å²) in [4.78, 5) is 2.80. The van der Waals surface area contributed by atoms with Crippen LogP contribution in [0.1, 0.15) is 67.2 Å². The van der Waals surface area contributed by atoms with E-state index in [1.807, 2.05) is 0 Å².